The van der Waals surface area contributed by atoms with Crippen LogP contribution >= 0.6 is 0 Å². The summed E-state index contributed by atoms with van der Waals surface area (Å²) < 4.78 is 0. The van der Waals surface area contributed by atoms with Crippen LogP contribution < -0.4 is 5.73 Å². The van der Waals surface area contributed by atoms with Crippen LogP contribution in [0, 0.1) is 5.41 Å². The van der Waals surface area contributed by atoms with Gasteiger partial charge >= 0.3 is 0 Å². The number of nitrogens with two attached hydrogens (primary N) is 1. The van der Waals surface area contributed by atoms with Gasteiger partial charge in [-0.05, 0) is 30.4 Å². The topological polar surface area (TPSA) is 75.0 Å². The van der Waals surface area contributed by atoms with Crippen LogP contribution in [0.2, 0.25) is 0 Å². The SMILES string of the molecule is CC(C)c1cc(C(=O)N2CCC(C)(CN)C2)n[nH]1. The highest BCUT2D eigenvalue weighted by molar-refractivity contribution is 5.92. The molecule has 0 bridgehead atoms. The van der Waals surface area contributed by atoms with Crippen molar-refractivity contribution in [3.8, 4) is 0 Å². The maximum atomic E-state index is 12.3. The van der Waals surface area contributed by atoms with Crippen molar-refractivity contribution in [2.24, 2.45) is 11.1 Å². The van der Waals surface area contributed by atoms with Gasteiger partial charge in [-0.1, -0.05) is 20.8 Å². The minimum absolute atomic E-state index is 0.00956. The van der Waals surface area contributed by atoms with Gasteiger partial charge in [0.1, 0.15) is 5.69 Å². The summed E-state index contributed by atoms with van der Waals surface area (Å²) in [5.74, 6) is 0.363. The summed E-state index contributed by atoms with van der Waals surface area (Å²) in [6, 6.07) is 1.85. The number of aromatic amines is 1. The van der Waals surface area contributed by atoms with Gasteiger partial charge in [0.05, 0.1) is 0 Å². The number of likely N-dealkylation sites (tertiary alicyclic amines) is 1. The normalized spacial score (nSPS) is 23.9. The van der Waals surface area contributed by atoms with E-state index in [0.717, 1.165) is 25.2 Å². The highest BCUT2D eigenvalue weighted by Gasteiger charge is 2.35. The van der Waals surface area contributed by atoms with Gasteiger partial charge in [0.2, 0.25) is 0 Å². The van der Waals surface area contributed by atoms with Crippen molar-refractivity contribution in [1.29, 1.82) is 0 Å². The van der Waals surface area contributed by atoms with E-state index in [9.17, 15) is 4.79 Å². The second-order valence-corrected chi connectivity index (χ2v) is 5.85. The number of carbonyl (C=O) groups excluding carboxylic acids is 1. The Morgan fingerprint density at radius 1 is 1.67 bits per heavy atom. The third-order valence-electron chi connectivity index (χ3n) is 3.78. The Hall–Kier alpha value is -1.36. The summed E-state index contributed by atoms with van der Waals surface area (Å²) in [6.07, 6.45) is 0.969. The molecule has 1 saturated heterocycles. The van der Waals surface area contributed by atoms with Crippen molar-refractivity contribution in [2.45, 2.75) is 33.1 Å². The summed E-state index contributed by atoms with van der Waals surface area (Å²) in [6.45, 7) is 8.40. The fraction of sp³-hybridized carbons (Fsp3) is 0.692. The van der Waals surface area contributed by atoms with Crippen LogP contribution in [0.3, 0.4) is 0 Å². The predicted octanol–water partition coefficient (Wildman–Crippen LogP) is 1.34. The molecule has 5 heteroatoms. The number of aromatic nitrogens is 2. The Kier molecular flexibility index (Phi) is 3.43. The van der Waals surface area contributed by atoms with Crippen LogP contribution in [0.25, 0.3) is 0 Å². The molecule has 0 radical (unpaired) electrons. The summed E-state index contributed by atoms with van der Waals surface area (Å²) in [5.41, 5.74) is 7.33. The molecule has 100 valence electrons. The average molecular weight is 250 g/mol. The van der Waals surface area contributed by atoms with E-state index in [1.54, 1.807) is 0 Å². The molecule has 0 aromatic carbocycles. The van der Waals surface area contributed by atoms with Gasteiger partial charge in [0, 0.05) is 18.8 Å². The van der Waals surface area contributed by atoms with Crippen molar-refractivity contribution in [3.63, 3.8) is 0 Å². The molecular formula is C13H22N4O. The third-order valence-corrected chi connectivity index (χ3v) is 3.78. The molecule has 1 amide bonds. The van der Waals surface area contributed by atoms with Crippen LogP contribution in [-0.4, -0.2) is 40.6 Å². The summed E-state index contributed by atoms with van der Waals surface area (Å²) in [4.78, 5) is 14.1. The molecule has 1 aromatic rings. The lowest BCUT2D eigenvalue weighted by Crippen LogP contribution is -2.34. The van der Waals surface area contributed by atoms with Crippen molar-refractivity contribution in [1.82, 2.24) is 15.1 Å². The van der Waals surface area contributed by atoms with Crippen molar-refractivity contribution < 1.29 is 4.79 Å². The molecule has 2 heterocycles. The summed E-state index contributed by atoms with van der Waals surface area (Å²) in [7, 11) is 0. The number of hydrogen-bond acceptors (Lipinski definition) is 3. The standard InChI is InChI=1S/C13H22N4O/c1-9(2)10-6-11(16-15-10)12(18)17-5-4-13(3,7-14)8-17/h6,9H,4-5,7-8,14H2,1-3H3,(H,15,16). The lowest BCUT2D eigenvalue weighted by atomic mass is 9.90. The molecule has 0 aliphatic carbocycles. The van der Waals surface area contributed by atoms with Crippen LogP contribution in [0.4, 0.5) is 0 Å². The predicted molar refractivity (Wildman–Crippen MR) is 70.4 cm³/mol. The molecule has 1 atom stereocenters. The van der Waals surface area contributed by atoms with Crippen LogP contribution in [0.5, 0.6) is 0 Å². The summed E-state index contributed by atoms with van der Waals surface area (Å²) in [5, 5.41) is 7.03. The first-order valence-electron chi connectivity index (χ1n) is 6.50. The minimum Gasteiger partial charge on any atom is -0.337 e. The molecule has 1 fully saturated rings. The van der Waals surface area contributed by atoms with Gasteiger partial charge in [-0.2, -0.15) is 5.10 Å². The number of amides is 1. The second-order valence-electron chi connectivity index (χ2n) is 5.85. The first-order chi connectivity index (χ1) is 8.45. The molecule has 3 N–H and O–H groups in total. The van der Waals surface area contributed by atoms with Gasteiger partial charge in [-0.25, -0.2) is 0 Å². The highest BCUT2D eigenvalue weighted by atomic mass is 16.2. The van der Waals surface area contributed by atoms with Crippen molar-refractivity contribution >= 4 is 5.91 Å². The second kappa shape index (κ2) is 4.72. The fourth-order valence-electron chi connectivity index (χ4n) is 2.27. The number of nitrogens with zero attached hydrogens (tertiary/aromatic N) is 2. The van der Waals surface area contributed by atoms with E-state index >= 15 is 0 Å². The van der Waals surface area contributed by atoms with Crippen LogP contribution in [0.15, 0.2) is 6.07 Å². The monoisotopic (exact) mass is 250 g/mol. The molecule has 1 aliphatic rings. The van der Waals surface area contributed by atoms with E-state index in [0.29, 0.717) is 18.2 Å². The van der Waals surface area contributed by atoms with Gasteiger partial charge in [-0.3, -0.25) is 9.89 Å². The van der Waals surface area contributed by atoms with E-state index in [4.69, 9.17) is 5.73 Å². The van der Waals surface area contributed by atoms with E-state index < -0.39 is 0 Å². The number of hydrogen-bond donors (Lipinski definition) is 2. The van der Waals surface area contributed by atoms with Gasteiger partial charge in [-0.15, -0.1) is 0 Å². The molecule has 5 nitrogen and oxygen atoms in total. The molecule has 0 saturated carbocycles. The number of H-pyrrole nitrogens is 1. The minimum atomic E-state index is 0.00956. The van der Waals surface area contributed by atoms with E-state index in [-0.39, 0.29) is 11.3 Å². The molecule has 1 aliphatic heterocycles. The Morgan fingerprint density at radius 3 is 2.89 bits per heavy atom. The zero-order valence-electron chi connectivity index (χ0n) is 11.4. The van der Waals surface area contributed by atoms with Gasteiger partial charge in [0.15, 0.2) is 0 Å². The Morgan fingerprint density at radius 2 is 2.39 bits per heavy atom. The third kappa shape index (κ3) is 2.41. The molecule has 2 rings (SSSR count). The number of rotatable bonds is 3. The quantitative estimate of drug-likeness (QED) is 0.850. The van der Waals surface area contributed by atoms with Gasteiger partial charge in [0.25, 0.3) is 5.91 Å². The molecule has 18 heavy (non-hydrogen) atoms. The maximum Gasteiger partial charge on any atom is 0.274 e. The first-order valence-corrected chi connectivity index (χ1v) is 6.50. The Balaban J connectivity index is 2.08. The fourth-order valence-corrected chi connectivity index (χ4v) is 2.27. The van der Waals surface area contributed by atoms with Gasteiger partial charge < -0.3 is 10.6 Å². The zero-order chi connectivity index (χ0) is 13.3. The van der Waals surface area contributed by atoms with Crippen molar-refractivity contribution in [2.75, 3.05) is 19.6 Å². The molecule has 1 unspecified atom stereocenters. The van der Waals surface area contributed by atoms with E-state index in [1.165, 1.54) is 0 Å². The number of nitrogens with one attached hydrogen (secondary N) is 1. The summed E-state index contributed by atoms with van der Waals surface area (Å²) >= 11 is 0. The molecule has 1 aromatic heterocycles. The Labute approximate surface area is 108 Å². The first kappa shape index (κ1) is 13.1. The zero-order valence-corrected chi connectivity index (χ0v) is 11.4. The van der Waals surface area contributed by atoms with E-state index in [2.05, 4.69) is 31.0 Å². The Bertz CT molecular complexity index is 440. The van der Waals surface area contributed by atoms with Crippen molar-refractivity contribution in [3.05, 3.63) is 17.5 Å². The van der Waals surface area contributed by atoms with Crippen LogP contribution in [0.1, 0.15) is 49.3 Å². The highest BCUT2D eigenvalue weighted by Crippen LogP contribution is 2.29. The molecular weight excluding hydrogens is 228 g/mol. The smallest absolute Gasteiger partial charge is 0.274 e. The largest absolute Gasteiger partial charge is 0.337 e. The average Bonchev–Trinajstić information content (AvgIpc) is 2.95. The molecule has 0 spiro atoms. The number of carbonyl (C=O) groups is 1. The lowest BCUT2D eigenvalue weighted by Gasteiger charge is -2.21. The maximum absolute atomic E-state index is 12.3. The lowest BCUT2D eigenvalue weighted by molar-refractivity contribution is 0.0771. The van der Waals surface area contributed by atoms with E-state index in [1.807, 2.05) is 11.0 Å². The van der Waals surface area contributed by atoms with Crippen LogP contribution in [-0.2, 0) is 0 Å².